The normalized spacial score (nSPS) is 11.0. The molecule has 0 saturated heterocycles. The zero-order valence-electron chi connectivity index (χ0n) is 12.4. The summed E-state index contributed by atoms with van der Waals surface area (Å²) in [6.07, 6.45) is 0. The third-order valence-electron chi connectivity index (χ3n) is 4.01. The molecule has 3 nitrogen and oxygen atoms in total. The molecule has 0 aliphatic carbocycles. The van der Waals surface area contributed by atoms with Gasteiger partial charge in [0.2, 0.25) is 0 Å². The van der Waals surface area contributed by atoms with Gasteiger partial charge in [0, 0.05) is 0 Å². The van der Waals surface area contributed by atoms with E-state index in [1.807, 2.05) is 91.0 Å². The lowest BCUT2D eigenvalue weighted by Crippen LogP contribution is -2.39. The van der Waals surface area contributed by atoms with Crippen molar-refractivity contribution >= 4 is 5.97 Å². The van der Waals surface area contributed by atoms with Gasteiger partial charge in [-0.1, -0.05) is 91.0 Å². The number of benzene rings is 3. The second-order valence-electron chi connectivity index (χ2n) is 5.23. The molecule has 0 aliphatic heterocycles. The smallest absolute Gasteiger partial charge is 0.299 e. The Hall–Kier alpha value is -2.91. The van der Waals surface area contributed by atoms with Crippen LogP contribution in [0.3, 0.4) is 0 Å². The van der Waals surface area contributed by atoms with Gasteiger partial charge in [-0.3, -0.25) is 4.89 Å². The maximum Gasteiger partial charge on any atom is 0.361 e. The fourth-order valence-electron chi connectivity index (χ4n) is 2.99. The second kappa shape index (κ2) is 6.46. The highest BCUT2D eigenvalue weighted by Crippen LogP contribution is 2.40. The molecule has 0 heterocycles. The average Bonchev–Trinajstić information content (AvgIpc) is 2.65. The van der Waals surface area contributed by atoms with Gasteiger partial charge in [-0.2, -0.15) is 5.26 Å². The Balaban J connectivity index is 2.38. The molecular weight excluding hydrogens is 288 g/mol. The van der Waals surface area contributed by atoms with Crippen molar-refractivity contribution in [3.63, 3.8) is 0 Å². The minimum Gasteiger partial charge on any atom is -0.299 e. The van der Waals surface area contributed by atoms with Crippen molar-refractivity contribution in [2.24, 2.45) is 0 Å². The summed E-state index contributed by atoms with van der Waals surface area (Å²) in [7, 11) is 0. The summed E-state index contributed by atoms with van der Waals surface area (Å²) >= 11 is 0. The molecule has 0 radical (unpaired) electrons. The largest absolute Gasteiger partial charge is 0.361 e. The lowest BCUT2D eigenvalue weighted by Gasteiger charge is -2.31. The van der Waals surface area contributed by atoms with E-state index in [4.69, 9.17) is 0 Å². The number of hydrogen-bond donors (Lipinski definition) is 1. The van der Waals surface area contributed by atoms with Crippen LogP contribution in [-0.4, -0.2) is 11.2 Å². The Morgan fingerprint density at radius 2 is 0.957 bits per heavy atom. The van der Waals surface area contributed by atoms with E-state index in [0.717, 1.165) is 16.7 Å². The van der Waals surface area contributed by atoms with E-state index in [1.165, 1.54) is 0 Å². The minimum atomic E-state index is -1.22. The lowest BCUT2D eigenvalue weighted by molar-refractivity contribution is -0.238. The van der Waals surface area contributed by atoms with Crippen molar-refractivity contribution < 1.29 is 14.9 Å². The number of rotatable bonds is 4. The summed E-state index contributed by atoms with van der Waals surface area (Å²) in [6.45, 7) is 0. The van der Waals surface area contributed by atoms with Crippen molar-refractivity contribution in [3.05, 3.63) is 108 Å². The van der Waals surface area contributed by atoms with Gasteiger partial charge in [0.25, 0.3) is 0 Å². The Labute approximate surface area is 134 Å². The maximum atomic E-state index is 12.8. The molecule has 0 fully saturated rings. The fraction of sp³-hybridized carbons (Fsp3) is 0.0500. The van der Waals surface area contributed by atoms with Gasteiger partial charge in [0.05, 0.1) is 0 Å². The molecule has 1 N–H and O–H groups in total. The van der Waals surface area contributed by atoms with Crippen LogP contribution in [0.4, 0.5) is 0 Å². The molecule has 0 unspecified atom stereocenters. The minimum absolute atomic E-state index is 0.733. The van der Waals surface area contributed by atoms with Crippen LogP contribution in [0.5, 0.6) is 0 Å². The van der Waals surface area contributed by atoms with Gasteiger partial charge < -0.3 is 0 Å². The Morgan fingerprint density at radius 3 is 1.22 bits per heavy atom. The molecule has 3 aromatic rings. The van der Waals surface area contributed by atoms with Crippen molar-refractivity contribution in [1.29, 1.82) is 0 Å². The van der Waals surface area contributed by atoms with Crippen LogP contribution < -0.4 is 0 Å². The monoisotopic (exact) mass is 304 g/mol. The first-order valence-electron chi connectivity index (χ1n) is 7.32. The molecule has 23 heavy (non-hydrogen) atoms. The number of carbonyl (C=O) groups is 1. The molecule has 114 valence electrons. The molecule has 3 aromatic carbocycles. The van der Waals surface area contributed by atoms with Gasteiger partial charge >= 0.3 is 5.97 Å². The van der Waals surface area contributed by atoms with Crippen molar-refractivity contribution in [1.82, 2.24) is 0 Å². The first-order chi connectivity index (χ1) is 11.3. The van der Waals surface area contributed by atoms with Crippen LogP contribution in [0.2, 0.25) is 0 Å². The van der Waals surface area contributed by atoms with Crippen molar-refractivity contribution in [3.8, 4) is 0 Å². The van der Waals surface area contributed by atoms with Crippen LogP contribution in [0.25, 0.3) is 0 Å². The van der Waals surface area contributed by atoms with Crippen LogP contribution in [0, 0.1) is 0 Å². The van der Waals surface area contributed by atoms with Gasteiger partial charge in [-0.15, -0.1) is 0 Å². The van der Waals surface area contributed by atoms with E-state index in [9.17, 15) is 10.1 Å². The predicted octanol–water partition coefficient (Wildman–Crippen LogP) is 4.04. The molecule has 0 aromatic heterocycles. The van der Waals surface area contributed by atoms with E-state index in [1.54, 1.807) is 0 Å². The second-order valence-corrected chi connectivity index (χ2v) is 5.23. The zero-order chi connectivity index (χ0) is 16.1. The fourth-order valence-corrected chi connectivity index (χ4v) is 2.99. The SMILES string of the molecule is O=C(OO)C(c1ccccc1)(c1ccccc1)c1ccccc1. The topological polar surface area (TPSA) is 46.5 Å². The van der Waals surface area contributed by atoms with Crippen LogP contribution in [-0.2, 0) is 15.1 Å². The predicted molar refractivity (Wildman–Crippen MR) is 87.9 cm³/mol. The summed E-state index contributed by atoms with van der Waals surface area (Å²) < 4.78 is 0. The molecular formula is C20H16O3. The Kier molecular flexibility index (Phi) is 4.22. The molecule has 0 spiro atoms. The van der Waals surface area contributed by atoms with Gasteiger partial charge in [0.15, 0.2) is 0 Å². The van der Waals surface area contributed by atoms with Crippen LogP contribution in [0.15, 0.2) is 91.0 Å². The standard InChI is InChI=1S/C20H16O3/c21-19(23-22)20(16-10-4-1-5-11-16,17-12-6-2-7-13-17)18-14-8-3-9-15-18/h1-15,22H. The summed E-state index contributed by atoms with van der Waals surface area (Å²) in [4.78, 5) is 17.0. The molecule has 0 bridgehead atoms. The van der Waals surface area contributed by atoms with Gasteiger partial charge in [-0.05, 0) is 16.7 Å². The van der Waals surface area contributed by atoms with Gasteiger partial charge in [-0.25, -0.2) is 4.79 Å². The maximum absolute atomic E-state index is 12.8. The highest BCUT2D eigenvalue weighted by molar-refractivity contribution is 5.91. The summed E-state index contributed by atoms with van der Waals surface area (Å²) in [5.41, 5.74) is 0.975. The highest BCUT2D eigenvalue weighted by Gasteiger charge is 2.45. The molecule has 0 saturated carbocycles. The first-order valence-corrected chi connectivity index (χ1v) is 7.32. The average molecular weight is 304 g/mol. The van der Waals surface area contributed by atoms with Gasteiger partial charge in [0.1, 0.15) is 5.41 Å². The third-order valence-corrected chi connectivity index (χ3v) is 4.01. The van der Waals surface area contributed by atoms with Crippen molar-refractivity contribution in [2.75, 3.05) is 0 Å². The first kappa shape index (κ1) is 15.0. The lowest BCUT2D eigenvalue weighted by atomic mass is 9.69. The zero-order valence-corrected chi connectivity index (χ0v) is 12.4. The van der Waals surface area contributed by atoms with Crippen molar-refractivity contribution in [2.45, 2.75) is 5.41 Å². The molecule has 0 amide bonds. The van der Waals surface area contributed by atoms with E-state index in [0.29, 0.717) is 0 Å². The molecule has 0 aliphatic rings. The van der Waals surface area contributed by atoms with E-state index >= 15 is 0 Å². The Morgan fingerprint density at radius 1 is 0.652 bits per heavy atom. The number of carbonyl (C=O) groups excluding carboxylic acids is 1. The molecule has 0 atom stereocenters. The van der Waals surface area contributed by atoms with Crippen LogP contribution in [0.1, 0.15) is 16.7 Å². The summed E-state index contributed by atoms with van der Waals surface area (Å²) in [5, 5.41) is 9.20. The number of hydrogen-bond acceptors (Lipinski definition) is 3. The molecule has 3 heteroatoms. The van der Waals surface area contributed by atoms with E-state index < -0.39 is 11.4 Å². The summed E-state index contributed by atoms with van der Waals surface area (Å²) in [5.74, 6) is -0.735. The van der Waals surface area contributed by atoms with Crippen LogP contribution >= 0.6 is 0 Å². The third kappa shape index (κ3) is 2.51. The Bertz CT molecular complexity index is 671. The quantitative estimate of drug-likeness (QED) is 0.449. The van der Waals surface area contributed by atoms with E-state index in [2.05, 4.69) is 4.89 Å². The van der Waals surface area contributed by atoms with E-state index in [-0.39, 0.29) is 0 Å². The molecule has 3 rings (SSSR count). The summed E-state index contributed by atoms with van der Waals surface area (Å²) in [6, 6.07) is 28.0. The highest BCUT2D eigenvalue weighted by atomic mass is 17.1.